The Balaban J connectivity index is 3.01. The van der Waals surface area contributed by atoms with Crippen LogP contribution in [0.25, 0.3) is 0 Å². The van der Waals surface area contributed by atoms with Crippen LogP contribution in [0, 0.1) is 6.92 Å². The molecule has 0 aliphatic carbocycles. The van der Waals surface area contributed by atoms with Gasteiger partial charge in [-0.3, -0.25) is 0 Å². The van der Waals surface area contributed by atoms with Gasteiger partial charge in [-0.15, -0.1) is 0 Å². The number of rotatable bonds is 5. The standard InChI is InChI=1S/C10H14O6S/c1-7-2-3-8(12)6-9(7)17(14,15)16-10(13)4-5-11/h2-3,6,10-13H,4-5H2,1H3. The molecule has 0 spiro atoms. The van der Waals surface area contributed by atoms with Gasteiger partial charge in [-0.2, -0.15) is 8.42 Å². The Bertz CT molecular complexity index is 482. The van der Waals surface area contributed by atoms with Crippen molar-refractivity contribution >= 4 is 10.1 Å². The average molecular weight is 262 g/mol. The van der Waals surface area contributed by atoms with Crippen LogP contribution in [0.3, 0.4) is 0 Å². The summed E-state index contributed by atoms with van der Waals surface area (Å²) in [6.07, 6.45) is -1.82. The van der Waals surface area contributed by atoms with Crippen LogP contribution in [0.2, 0.25) is 0 Å². The summed E-state index contributed by atoms with van der Waals surface area (Å²) >= 11 is 0. The highest BCUT2D eigenvalue weighted by Crippen LogP contribution is 2.23. The van der Waals surface area contributed by atoms with Crippen LogP contribution >= 0.6 is 0 Å². The first-order chi connectivity index (χ1) is 7.86. The Morgan fingerprint density at radius 1 is 1.41 bits per heavy atom. The van der Waals surface area contributed by atoms with Crippen LogP contribution < -0.4 is 0 Å². The predicted molar refractivity (Wildman–Crippen MR) is 58.8 cm³/mol. The Kier molecular flexibility index (Phi) is 4.47. The summed E-state index contributed by atoms with van der Waals surface area (Å²) in [5.41, 5.74) is 0.388. The van der Waals surface area contributed by atoms with Gasteiger partial charge in [0.05, 0.1) is 0 Å². The fourth-order valence-corrected chi connectivity index (χ4v) is 2.43. The van der Waals surface area contributed by atoms with Crippen LogP contribution in [-0.2, 0) is 14.3 Å². The molecule has 0 fully saturated rings. The van der Waals surface area contributed by atoms with Gasteiger partial charge < -0.3 is 15.3 Å². The largest absolute Gasteiger partial charge is 0.508 e. The second kappa shape index (κ2) is 5.46. The smallest absolute Gasteiger partial charge is 0.299 e. The Hall–Kier alpha value is -1.15. The Labute approximate surface area is 99.2 Å². The van der Waals surface area contributed by atoms with Crippen molar-refractivity contribution < 1.29 is 27.9 Å². The lowest BCUT2D eigenvalue weighted by Crippen LogP contribution is -2.19. The van der Waals surface area contributed by atoms with Crippen molar-refractivity contribution in [3.05, 3.63) is 23.8 Å². The SMILES string of the molecule is Cc1ccc(O)cc1S(=O)(=O)OC(O)CCO. The third-order valence-electron chi connectivity index (χ3n) is 2.05. The molecule has 1 unspecified atom stereocenters. The number of aliphatic hydroxyl groups is 2. The normalized spacial score (nSPS) is 13.6. The highest BCUT2D eigenvalue weighted by Gasteiger charge is 2.22. The van der Waals surface area contributed by atoms with Crippen LogP contribution in [0.1, 0.15) is 12.0 Å². The fraction of sp³-hybridized carbons (Fsp3) is 0.400. The van der Waals surface area contributed by atoms with Gasteiger partial charge in [-0.05, 0) is 18.6 Å². The highest BCUT2D eigenvalue weighted by molar-refractivity contribution is 7.86. The summed E-state index contributed by atoms with van der Waals surface area (Å²) < 4.78 is 27.9. The van der Waals surface area contributed by atoms with Crippen molar-refractivity contribution in [3.63, 3.8) is 0 Å². The van der Waals surface area contributed by atoms with Crippen LogP contribution in [-0.4, -0.2) is 36.6 Å². The first-order valence-electron chi connectivity index (χ1n) is 4.88. The van der Waals surface area contributed by atoms with E-state index in [0.717, 1.165) is 6.07 Å². The maximum atomic E-state index is 11.7. The number of aryl methyl sites for hydroxylation is 1. The molecular formula is C10H14O6S. The van der Waals surface area contributed by atoms with E-state index >= 15 is 0 Å². The summed E-state index contributed by atoms with van der Waals surface area (Å²) in [4.78, 5) is -0.213. The number of phenolic OH excluding ortho intramolecular Hbond substituents is 1. The number of aliphatic hydroxyl groups excluding tert-OH is 2. The average Bonchev–Trinajstić information content (AvgIpc) is 2.21. The summed E-state index contributed by atoms with van der Waals surface area (Å²) in [6.45, 7) is 1.14. The summed E-state index contributed by atoms with van der Waals surface area (Å²) in [6, 6.07) is 3.80. The van der Waals surface area contributed by atoms with Crippen molar-refractivity contribution in [1.29, 1.82) is 0 Å². The van der Waals surface area contributed by atoms with Gasteiger partial charge >= 0.3 is 0 Å². The molecule has 96 valence electrons. The zero-order valence-electron chi connectivity index (χ0n) is 9.20. The Morgan fingerprint density at radius 2 is 2.06 bits per heavy atom. The molecule has 7 heteroatoms. The topological polar surface area (TPSA) is 104 Å². The minimum absolute atomic E-state index is 0.211. The van der Waals surface area contributed by atoms with E-state index in [1.807, 2.05) is 0 Å². The summed E-state index contributed by atoms with van der Waals surface area (Å²) in [5, 5.41) is 26.9. The first kappa shape index (κ1) is 13.9. The molecule has 0 bridgehead atoms. The van der Waals surface area contributed by atoms with E-state index in [4.69, 9.17) is 5.11 Å². The monoisotopic (exact) mass is 262 g/mol. The molecule has 1 rings (SSSR count). The molecule has 0 aromatic heterocycles. The van der Waals surface area contributed by atoms with Crippen molar-refractivity contribution in [2.45, 2.75) is 24.5 Å². The first-order valence-corrected chi connectivity index (χ1v) is 6.29. The van der Waals surface area contributed by atoms with E-state index in [-0.39, 0.29) is 17.1 Å². The quantitative estimate of drug-likeness (QED) is 0.514. The summed E-state index contributed by atoms with van der Waals surface area (Å²) in [7, 11) is -4.16. The van der Waals surface area contributed by atoms with E-state index in [1.54, 1.807) is 0 Å². The summed E-state index contributed by atoms with van der Waals surface area (Å²) in [5.74, 6) is -0.213. The van der Waals surface area contributed by atoms with Crippen LogP contribution in [0.5, 0.6) is 5.75 Å². The molecule has 0 saturated carbocycles. The van der Waals surface area contributed by atoms with Gasteiger partial charge in [0.15, 0.2) is 6.29 Å². The number of aromatic hydroxyl groups is 1. The Morgan fingerprint density at radius 3 is 2.65 bits per heavy atom. The van der Waals surface area contributed by atoms with E-state index < -0.39 is 23.0 Å². The molecule has 0 saturated heterocycles. The van der Waals surface area contributed by atoms with Crippen molar-refractivity contribution in [2.24, 2.45) is 0 Å². The zero-order valence-corrected chi connectivity index (χ0v) is 10.0. The third-order valence-corrected chi connectivity index (χ3v) is 3.51. The van der Waals surface area contributed by atoms with Crippen LogP contribution in [0.4, 0.5) is 0 Å². The molecule has 1 aromatic rings. The molecule has 3 N–H and O–H groups in total. The lowest BCUT2D eigenvalue weighted by molar-refractivity contribution is -0.0277. The van der Waals surface area contributed by atoms with E-state index in [0.29, 0.717) is 5.56 Å². The van der Waals surface area contributed by atoms with Gasteiger partial charge in [0.2, 0.25) is 0 Å². The van der Waals surface area contributed by atoms with Gasteiger partial charge in [-0.1, -0.05) is 6.07 Å². The van der Waals surface area contributed by atoms with E-state index in [9.17, 15) is 18.6 Å². The van der Waals surface area contributed by atoms with Crippen molar-refractivity contribution in [2.75, 3.05) is 6.61 Å². The number of hydrogen-bond donors (Lipinski definition) is 3. The second-order valence-corrected chi connectivity index (χ2v) is 5.01. The minimum Gasteiger partial charge on any atom is -0.508 e. The highest BCUT2D eigenvalue weighted by atomic mass is 32.2. The van der Waals surface area contributed by atoms with Gasteiger partial charge in [0, 0.05) is 19.1 Å². The predicted octanol–water partition coefficient (Wildman–Crippen LogP) is 0.107. The number of phenols is 1. The van der Waals surface area contributed by atoms with Gasteiger partial charge in [0.25, 0.3) is 10.1 Å². The molecule has 0 amide bonds. The lowest BCUT2D eigenvalue weighted by atomic mass is 10.2. The number of hydrogen-bond acceptors (Lipinski definition) is 6. The molecule has 1 atom stereocenters. The molecule has 1 aromatic carbocycles. The second-order valence-electron chi connectivity index (χ2n) is 3.47. The molecule has 17 heavy (non-hydrogen) atoms. The van der Waals surface area contributed by atoms with E-state index in [1.165, 1.54) is 19.1 Å². The molecule has 0 radical (unpaired) electrons. The molecule has 0 aliphatic heterocycles. The van der Waals surface area contributed by atoms with Crippen LogP contribution in [0.15, 0.2) is 23.1 Å². The van der Waals surface area contributed by atoms with E-state index in [2.05, 4.69) is 4.18 Å². The fourth-order valence-electron chi connectivity index (χ4n) is 1.21. The minimum atomic E-state index is -4.16. The maximum Gasteiger partial charge on any atom is 0.299 e. The zero-order chi connectivity index (χ0) is 13.1. The molecular weight excluding hydrogens is 248 g/mol. The van der Waals surface area contributed by atoms with Crippen molar-refractivity contribution in [3.8, 4) is 5.75 Å². The van der Waals surface area contributed by atoms with Crippen molar-refractivity contribution in [1.82, 2.24) is 0 Å². The number of benzene rings is 1. The van der Waals surface area contributed by atoms with Gasteiger partial charge in [-0.25, -0.2) is 4.18 Å². The molecule has 0 heterocycles. The molecule has 0 aliphatic rings. The third kappa shape index (κ3) is 3.67. The molecule has 6 nitrogen and oxygen atoms in total. The van der Waals surface area contributed by atoms with Gasteiger partial charge in [0.1, 0.15) is 10.6 Å². The lowest BCUT2D eigenvalue weighted by Gasteiger charge is -2.12. The maximum absolute atomic E-state index is 11.7.